The van der Waals surface area contributed by atoms with Gasteiger partial charge in [0.25, 0.3) is 0 Å². The molecule has 0 aromatic heterocycles. The minimum absolute atomic E-state index is 0.872. The van der Waals surface area contributed by atoms with E-state index >= 15 is 0 Å². The Kier molecular flexibility index (Phi) is 34.9. The number of hydrogen-bond donors (Lipinski definition) is 1. The van der Waals surface area contributed by atoms with Gasteiger partial charge in [0.2, 0.25) is 0 Å². The summed E-state index contributed by atoms with van der Waals surface area (Å²) in [4.78, 5) is 0. The van der Waals surface area contributed by atoms with E-state index in [4.69, 9.17) is 0 Å². The summed E-state index contributed by atoms with van der Waals surface area (Å²) >= 11 is 0. The van der Waals surface area contributed by atoms with E-state index in [0.717, 1.165) is 25.9 Å². The number of nitrogens with zero attached hydrogens (tertiary/aromatic N) is 1. The third kappa shape index (κ3) is 33.9. The zero-order valence-corrected chi connectivity index (χ0v) is 26.9. The number of unbranched alkanes of at least 4 members (excludes halogenated alkanes) is 30. The SMILES string of the molecule is CCCCCCCCCCCCCCCCCCN(O)CCCCCCCCCCCCCCCCCC. The molecule has 0 fully saturated rings. The highest BCUT2D eigenvalue weighted by molar-refractivity contribution is 4.54. The van der Waals surface area contributed by atoms with E-state index in [-0.39, 0.29) is 0 Å². The van der Waals surface area contributed by atoms with E-state index < -0.39 is 0 Å². The molecule has 0 aliphatic rings. The highest BCUT2D eigenvalue weighted by Gasteiger charge is 2.01. The van der Waals surface area contributed by atoms with Gasteiger partial charge in [-0.3, -0.25) is 0 Å². The van der Waals surface area contributed by atoms with Crippen LogP contribution in [-0.2, 0) is 0 Å². The Hall–Kier alpha value is -0.0800. The molecular weight excluding hydrogens is 462 g/mol. The molecule has 0 amide bonds. The Morgan fingerprint density at radius 1 is 0.263 bits per heavy atom. The van der Waals surface area contributed by atoms with Crippen molar-refractivity contribution in [1.29, 1.82) is 0 Å². The van der Waals surface area contributed by atoms with Crippen LogP contribution in [0.5, 0.6) is 0 Å². The molecule has 0 aliphatic heterocycles. The quantitative estimate of drug-likeness (QED) is 0.0651. The van der Waals surface area contributed by atoms with Crippen molar-refractivity contribution in [3.63, 3.8) is 0 Å². The molecule has 0 aromatic rings. The molecule has 0 rings (SSSR count). The van der Waals surface area contributed by atoms with Gasteiger partial charge in [0.1, 0.15) is 0 Å². The van der Waals surface area contributed by atoms with Crippen LogP contribution < -0.4 is 0 Å². The predicted molar refractivity (Wildman–Crippen MR) is 172 cm³/mol. The maximum absolute atomic E-state index is 10.1. The maximum atomic E-state index is 10.1. The van der Waals surface area contributed by atoms with Crippen molar-refractivity contribution >= 4 is 0 Å². The van der Waals surface area contributed by atoms with E-state index in [1.54, 1.807) is 5.06 Å². The van der Waals surface area contributed by atoms with E-state index in [1.165, 1.54) is 193 Å². The molecule has 0 saturated carbocycles. The van der Waals surface area contributed by atoms with Gasteiger partial charge in [-0.05, 0) is 12.8 Å². The molecule has 38 heavy (non-hydrogen) atoms. The molecule has 2 heteroatoms. The fourth-order valence-corrected chi connectivity index (χ4v) is 5.80. The summed E-state index contributed by atoms with van der Waals surface area (Å²) in [6.45, 7) is 6.34. The lowest BCUT2D eigenvalue weighted by molar-refractivity contribution is -0.0925. The van der Waals surface area contributed by atoms with Gasteiger partial charge in [0, 0.05) is 13.1 Å². The summed E-state index contributed by atoms with van der Waals surface area (Å²) in [5.41, 5.74) is 0. The van der Waals surface area contributed by atoms with Crippen LogP contribution in [-0.4, -0.2) is 23.4 Å². The fourth-order valence-electron chi connectivity index (χ4n) is 5.80. The van der Waals surface area contributed by atoms with Gasteiger partial charge in [0.15, 0.2) is 0 Å². The molecule has 0 bridgehead atoms. The van der Waals surface area contributed by atoms with Crippen molar-refractivity contribution in [2.45, 2.75) is 219 Å². The lowest BCUT2D eigenvalue weighted by atomic mass is 10.0. The van der Waals surface area contributed by atoms with Crippen LogP contribution in [0.4, 0.5) is 0 Å². The van der Waals surface area contributed by atoms with Gasteiger partial charge in [-0.2, -0.15) is 5.06 Å². The zero-order chi connectivity index (χ0) is 27.6. The van der Waals surface area contributed by atoms with Crippen LogP contribution in [0, 0.1) is 0 Å². The molecule has 0 aliphatic carbocycles. The molecule has 0 unspecified atom stereocenters. The van der Waals surface area contributed by atoms with Gasteiger partial charge in [-0.15, -0.1) is 0 Å². The number of hydrogen-bond acceptors (Lipinski definition) is 2. The fraction of sp³-hybridized carbons (Fsp3) is 1.00. The average molecular weight is 538 g/mol. The summed E-state index contributed by atoms with van der Waals surface area (Å²) in [5, 5.41) is 11.7. The topological polar surface area (TPSA) is 23.5 Å². The second-order valence-electron chi connectivity index (χ2n) is 12.6. The van der Waals surface area contributed by atoms with Crippen LogP contribution in [0.1, 0.15) is 219 Å². The normalized spacial score (nSPS) is 11.7. The lowest BCUT2D eigenvalue weighted by Crippen LogP contribution is -2.21. The van der Waals surface area contributed by atoms with Gasteiger partial charge in [-0.25, -0.2) is 0 Å². The molecule has 0 spiro atoms. The van der Waals surface area contributed by atoms with Crippen molar-refractivity contribution in [3.05, 3.63) is 0 Å². The smallest absolute Gasteiger partial charge is 0.0238 e. The minimum Gasteiger partial charge on any atom is -0.314 e. The van der Waals surface area contributed by atoms with Crippen LogP contribution in [0.15, 0.2) is 0 Å². The van der Waals surface area contributed by atoms with Crippen molar-refractivity contribution in [2.24, 2.45) is 0 Å². The average Bonchev–Trinajstić information content (AvgIpc) is 2.92. The molecular formula is C36H75NO. The maximum Gasteiger partial charge on any atom is 0.0238 e. The Balaban J connectivity index is 3.13. The molecule has 0 atom stereocenters. The van der Waals surface area contributed by atoms with Crippen molar-refractivity contribution in [1.82, 2.24) is 5.06 Å². The van der Waals surface area contributed by atoms with Gasteiger partial charge in [-0.1, -0.05) is 206 Å². The van der Waals surface area contributed by atoms with Crippen molar-refractivity contribution in [2.75, 3.05) is 13.1 Å². The molecule has 0 aromatic carbocycles. The van der Waals surface area contributed by atoms with Crippen LogP contribution in [0.2, 0.25) is 0 Å². The Bertz CT molecular complexity index is 363. The van der Waals surface area contributed by atoms with Crippen LogP contribution in [0.3, 0.4) is 0 Å². The monoisotopic (exact) mass is 538 g/mol. The summed E-state index contributed by atoms with van der Waals surface area (Å²) in [6.07, 6.45) is 45.0. The van der Waals surface area contributed by atoms with Gasteiger partial charge in [0.05, 0.1) is 0 Å². The Morgan fingerprint density at radius 2 is 0.421 bits per heavy atom. The summed E-state index contributed by atoms with van der Waals surface area (Å²) in [5.74, 6) is 0. The first kappa shape index (κ1) is 37.9. The lowest BCUT2D eigenvalue weighted by Gasteiger charge is -2.14. The van der Waals surface area contributed by atoms with Gasteiger partial charge < -0.3 is 5.21 Å². The molecule has 2 nitrogen and oxygen atoms in total. The highest BCUT2D eigenvalue weighted by atomic mass is 16.5. The highest BCUT2D eigenvalue weighted by Crippen LogP contribution is 2.15. The van der Waals surface area contributed by atoms with Crippen molar-refractivity contribution < 1.29 is 5.21 Å². The van der Waals surface area contributed by atoms with Crippen molar-refractivity contribution in [3.8, 4) is 0 Å². The molecule has 1 N–H and O–H groups in total. The predicted octanol–water partition coefficient (Wildman–Crippen LogP) is 13.2. The minimum atomic E-state index is 0.872. The van der Waals surface area contributed by atoms with Crippen LogP contribution in [0.25, 0.3) is 0 Å². The Labute approximate surface area is 242 Å². The molecule has 230 valence electrons. The van der Waals surface area contributed by atoms with E-state index in [2.05, 4.69) is 13.8 Å². The second-order valence-corrected chi connectivity index (χ2v) is 12.6. The first-order valence-electron chi connectivity index (χ1n) is 18.2. The summed E-state index contributed by atoms with van der Waals surface area (Å²) < 4.78 is 0. The second kappa shape index (κ2) is 34.9. The largest absolute Gasteiger partial charge is 0.314 e. The third-order valence-electron chi connectivity index (χ3n) is 8.54. The van der Waals surface area contributed by atoms with E-state index in [9.17, 15) is 5.21 Å². The summed E-state index contributed by atoms with van der Waals surface area (Å²) in [7, 11) is 0. The Morgan fingerprint density at radius 3 is 0.605 bits per heavy atom. The number of rotatable bonds is 34. The first-order chi connectivity index (χ1) is 18.8. The zero-order valence-electron chi connectivity index (χ0n) is 26.9. The van der Waals surface area contributed by atoms with E-state index in [0.29, 0.717) is 0 Å². The standard InChI is InChI=1S/C36H75NO/c1-3-5-7-9-11-13-15-17-19-21-23-25-27-29-31-33-35-37(38)36-34-32-30-28-26-24-22-20-18-16-14-12-10-8-6-4-2/h38H,3-36H2,1-2H3. The molecule has 0 saturated heterocycles. The van der Waals surface area contributed by atoms with E-state index in [1.807, 2.05) is 0 Å². The number of hydroxylamine groups is 2. The molecule has 0 heterocycles. The molecule has 0 radical (unpaired) electrons. The van der Waals surface area contributed by atoms with Gasteiger partial charge >= 0.3 is 0 Å². The summed E-state index contributed by atoms with van der Waals surface area (Å²) in [6, 6.07) is 0. The first-order valence-corrected chi connectivity index (χ1v) is 18.2. The third-order valence-corrected chi connectivity index (χ3v) is 8.54. The van der Waals surface area contributed by atoms with Crippen LogP contribution >= 0.6 is 0 Å².